The van der Waals surface area contributed by atoms with E-state index in [1.165, 1.54) is 22.4 Å². The van der Waals surface area contributed by atoms with Crippen LogP contribution in [0.3, 0.4) is 0 Å². The van der Waals surface area contributed by atoms with Gasteiger partial charge in [0.1, 0.15) is 0 Å². The molecule has 1 saturated heterocycles. The van der Waals surface area contributed by atoms with Gasteiger partial charge in [0.2, 0.25) is 0 Å². The monoisotopic (exact) mass is 339 g/mol. The summed E-state index contributed by atoms with van der Waals surface area (Å²) < 4.78 is 0. The molecule has 0 amide bonds. The highest BCUT2D eigenvalue weighted by Gasteiger charge is 2.21. The Morgan fingerprint density at radius 2 is 1.72 bits per heavy atom. The molecule has 1 aromatic carbocycles. The molecule has 1 N–H and O–H groups in total. The Labute approximate surface area is 151 Å². The maximum absolute atomic E-state index is 10.6. The van der Waals surface area contributed by atoms with E-state index in [1.807, 2.05) is 12.3 Å². The summed E-state index contributed by atoms with van der Waals surface area (Å²) in [5, 5.41) is 10.6. The second-order valence-electron chi connectivity index (χ2n) is 7.22. The van der Waals surface area contributed by atoms with Crippen molar-refractivity contribution >= 4 is 0 Å². The summed E-state index contributed by atoms with van der Waals surface area (Å²) in [6, 6.07) is 10.4. The first kappa shape index (κ1) is 18.1. The highest BCUT2D eigenvalue weighted by Crippen LogP contribution is 2.21. The molecule has 1 fully saturated rings. The molecule has 4 nitrogen and oxygen atoms in total. The lowest BCUT2D eigenvalue weighted by Crippen LogP contribution is -2.47. The summed E-state index contributed by atoms with van der Waals surface area (Å²) in [6.45, 7) is 12.0. The Morgan fingerprint density at radius 1 is 1.00 bits per heavy atom. The van der Waals surface area contributed by atoms with Gasteiger partial charge < -0.3 is 5.11 Å². The lowest BCUT2D eigenvalue weighted by molar-refractivity contribution is 0.0693. The van der Waals surface area contributed by atoms with Crippen LogP contribution < -0.4 is 0 Å². The van der Waals surface area contributed by atoms with E-state index in [0.717, 1.165) is 38.3 Å². The number of β-amino-alcohol motifs (C(OH)–C–C–N with tert-alkyl or cyclic N) is 1. The van der Waals surface area contributed by atoms with Gasteiger partial charge >= 0.3 is 0 Å². The number of piperazine rings is 1. The van der Waals surface area contributed by atoms with E-state index >= 15 is 0 Å². The highest BCUT2D eigenvalue weighted by atomic mass is 16.3. The number of hydrogen-bond acceptors (Lipinski definition) is 4. The maximum Gasteiger partial charge on any atom is 0.0919 e. The molecule has 134 valence electrons. The number of pyridine rings is 1. The molecule has 0 unspecified atom stereocenters. The van der Waals surface area contributed by atoms with Crippen molar-refractivity contribution in [3.8, 4) is 0 Å². The van der Waals surface area contributed by atoms with E-state index in [1.54, 1.807) is 0 Å². The maximum atomic E-state index is 10.6. The van der Waals surface area contributed by atoms with Gasteiger partial charge in [-0.1, -0.05) is 29.8 Å². The Kier molecular flexibility index (Phi) is 5.84. The smallest absolute Gasteiger partial charge is 0.0919 e. The summed E-state index contributed by atoms with van der Waals surface area (Å²) in [5.74, 6) is 0. The minimum absolute atomic E-state index is 0.412. The summed E-state index contributed by atoms with van der Waals surface area (Å²) in [7, 11) is 0. The van der Waals surface area contributed by atoms with Crippen molar-refractivity contribution in [3.05, 3.63) is 64.5 Å². The molecule has 1 atom stereocenters. The number of nitrogens with zero attached hydrogens (tertiary/aromatic N) is 3. The zero-order chi connectivity index (χ0) is 17.8. The van der Waals surface area contributed by atoms with Crippen molar-refractivity contribution in [1.29, 1.82) is 0 Å². The van der Waals surface area contributed by atoms with E-state index in [4.69, 9.17) is 0 Å². The fraction of sp³-hybridized carbons (Fsp3) is 0.476. The Bertz CT molecular complexity index is 708. The minimum atomic E-state index is -0.412. The second-order valence-corrected chi connectivity index (χ2v) is 7.22. The predicted octanol–water partition coefficient (Wildman–Crippen LogP) is 2.86. The first-order chi connectivity index (χ1) is 12.0. The van der Waals surface area contributed by atoms with Crippen LogP contribution in [0, 0.1) is 20.8 Å². The summed E-state index contributed by atoms with van der Waals surface area (Å²) >= 11 is 0. The second kappa shape index (κ2) is 8.09. The average Bonchev–Trinajstić information content (AvgIpc) is 2.58. The summed E-state index contributed by atoms with van der Waals surface area (Å²) in [5.41, 5.74) is 5.90. The highest BCUT2D eigenvalue weighted by molar-refractivity contribution is 5.32. The van der Waals surface area contributed by atoms with E-state index < -0.39 is 6.10 Å². The SMILES string of the molecule is Cc1ccc([C@@H](O)CN2CCN(Cc3ncccc3C)CC2)c(C)c1. The molecule has 0 bridgehead atoms. The molecule has 1 aliphatic rings. The van der Waals surface area contributed by atoms with Crippen LogP contribution in [0.5, 0.6) is 0 Å². The minimum Gasteiger partial charge on any atom is -0.387 e. The molecule has 25 heavy (non-hydrogen) atoms. The number of hydrogen-bond donors (Lipinski definition) is 1. The number of aliphatic hydroxyl groups excluding tert-OH is 1. The fourth-order valence-electron chi connectivity index (χ4n) is 3.57. The zero-order valence-corrected chi connectivity index (χ0v) is 15.6. The third-order valence-corrected chi connectivity index (χ3v) is 5.17. The van der Waals surface area contributed by atoms with Gasteiger partial charge in [0.15, 0.2) is 0 Å². The normalized spacial score (nSPS) is 17.6. The largest absolute Gasteiger partial charge is 0.387 e. The van der Waals surface area contributed by atoms with E-state index in [9.17, 15) is 5.11 Å². The third kappa shape index (κ3) is 4.66. The molecule has 3 rings (SSSR count). The van der Waals surface area contributed by atoms with Gasteiger partial charge in [0, 0.05) is 45.5 Å². The standard InChI is InChI=1S/C21H29N3O/c1-16-6-7-19(18(3)13-16)21(25)15-24-11-9-23(10-12-24)14-20-17(2)5-4-8-22-20/h4-8,13,21,25H,9-12,14-15H2,1-3H3/t21-/m0/s1. The molecule has 1 aliphatic heterocycles. The van der Waals surface area contributed by atoms with E-state index in [-0.39, 0.29) is 0 Å². The van der Waals surface area contributed by atoms with Crippen molar-refractivity contribution < 1.29 is 5.11 Å². The molecular weight excluding hydrogens is 310 g/mol. The first-order valence-corrected chi connectivity index (χ1v) is 9.13. The van der Waals surface area contributed by atoms with E-state index in [2.05, 4.69) is 59.8 Å². The Morgan fingerprint density at radius 3 is 2.40 bits per heavy atom. The molecule has 0 radical (unpaired) electrons. The van der Waals surface area contributed by atoms with Crippen LogP contribution in [0.15, 0.2) is 36.5 Å². The Balaban J connectivity index is 1.51. The molecule has 2 aromatic rings. The Hall–Kier alpha value is -1.75. The van der Waals surface area contributed by atoms with Crippen molar-refractivity contribution in [2.24, 2.45) is 0 Å². The molecule has 4 heteroatoms. The average molecular weight is 339 g/mol. The van der Waals surface area contributed by atoms with Gasteiger partial charge in [-0.2, -0.15) is 0 Å². The van der Waals surface area contributed by atoms with Crippen molar-refractivity contribution in [1.82, 2.24) is 14.8 Å². The lowest BCUT2D eigenvalue weighted by atomic mass is 10.0. The molecule has 0 spiro atoms. The molecule has 2 heterocycles. The number of aryl methyl sites for hydroxylation is 3. The van der Waals surface area contributed by atoms with E-state index in [0.29, 0.717) is 6.54 Å². The topological polar surface area (TPSA) is 39.6 Å². The van der Waals surface area contributed by atoms with Gasteiger partial charge in [0.05, 0.1) is 11.8 Å². The van der Waals surface area contributed by atoms with Gasteiger partial charge in [-0.05, 0) is 43.5 Å². The molecule has 0 saturated carbocycles. The first-order valence-electron chi connectivity index (χ1n) is 9.13. The quantitative estimate of drug-likeness (QED) is 0.909. The number of benzene rings is 1. The summed E-state index contributed by atoms with van der Waals surface area (Å²) in [4.78, 5) is 9.32. The van der Waals surface area contributed by atoms with Crippen LogP contribution in [0.25, 0.3) is 0 Å². The number of rotatable bonds is 5. The van der Waals surface area contributed by atoms with Crippen LogP contribution >= 0.6 is 0 Å². The fourth-order valence-corrected chi connectivity index (χ4v) is 3.57. The zero-order valence-electron chi connectivity index (χ0n) is 15.6. The summed E-state index contributed by atoms with van der Waals surface area (Å²) in [6.07, 6.45) is 1.46. The molecule has 1 aromatic heterocycles. The molecular formula is C21H29N3O. The van der Waals surface area contributed by atoms with Crippen molar-refractivity contribution in [3.63, 3.8) is 0 Å². The van der Waals surface area contributed by atoms with Gasteiger partial charge in [-0.3, -0.25) is 14.8 Å². The van der Waals surface area contributed by atoms with Crippen LogP contribution in [0.1, 0.15) is 34.1 Å². The predicted molar refractivity (Wildman–Crippen MR) is 102 cm³/mol. The van der Waals surface area contributed by atoms with Gasteiger partial charge in [-0.25, -0.2) is 0 Å². The number of aromatic nitrogens is 1. The van der Waals surface area contributed by atoms with Crippen molar-refractivity contribution in [2.75, 3.05) is 32.7 Å². The van der Waals surface area contributed by atoms with Gasteiger partial charge in [0.25, 0.3) is 0 Å². The van der Waals surface area contributed by atoms with Crippen molar-refractivity contribution in [2.45, 2.75) is 33.4 Å². The van der Waals surface area contributed by atoms with Crippen LogP contribution in [0.2, 0.25) is 0 Å². The molecule has 0 aliphatic carbocycles. The lowest BCUT2D eigenvalue weighted by Gasteiger charge is -2.35. The van der Waals surface area contributed by atoms with Crippen LogP contribution in [-0.4, -0.2) is 52.6 Å². The number of aliphatic hydroxyl groups is 1. The van der Waals surface area contributed by atoms with Gasteiger partial charge in [-0.15, -0.1) is 0 Å². The van der Waals surface area contributed by atoms with Crippen LogP contribution in [-0.2, 0) is 6.54 Å². The van der Waals surface area contributed by atoms with Crippen LogP contribution in [0.4, 0.5) is 0 Å². The third-order valence-electron chi connectivity index (χ3n) is 5.17.